The number of hydrogen-bond acceptors (Lipinski definition) is 0. The molecule has 0 saturated carbocycles. The molecule has 0 bridgehead atoms. The van der Waals surface area contributed by atoms with E-state index >= 15 is 0 Å². The molecule has 0 N–H and O–H groups in total. The molecule has 0 aliphatic carbocycles. The van der Waals surface area contributed by atoms with Gasteiger partial charge in [0.05, 0.1) is 0 Å². The second kappa shape index (κ2) is 27.6. The van der Waals surface area contributed by atoms with Gasteiger partial charge in [-0.3, -0.25) is 4.70 Å². The van der Waals surface area contributed by atoms with E-state index in [0.29, 0.717) is 0 Å². The molecule has 0 unspecified atom stereocenters. The van der Waals surface area contributed by atoms with Gasteiger partial charge in [0.1, 0.15) is 0 Å². The van der Waals surface area contributed by atoms with Crippen LogP contribution in [0.25, 0.3) is 0 Å². The van der Waals surface area contributed by atoms with Gasteiger partial charge in [0.2, 0.25) is 0 Å². The van der Waals surface area contributed by atoms with Crippen molar-refractivity contribution in [2.75, 3.05) is 0 Å². The molecule has 0 aromatic rings. The van der Waals surface area contributed by atoms with Crippen molar-refractivity contribution >= 4 is 103 Å². The monoisotopic (exact) mass is 148 g/mol. The van der Waals surface area contributed by atoms with E-state index in [9.17, 15) is 0 Å². The van der Waals surface area contributed by atoms with Crippen molar-refractivity contribution in [1.29, 1.82) is 0 Å². The molecular weight excluding hydrogens is 137 g/mol. The fraction of sp³-hybridized carbons (Fsp3) is 0. The number of hydrogen-bond donors (Lipinski definition) is 0. The molecule has 0 aromatic heterocycles. The third-order valence-corrected chi connectivity index (χ3v) is 0. The number of rotatable bonds is 0. The third kappa shape index (κ3) is 19.3. The van der Waals surface area contributed by atoms with Gasteiger partial charge in [0.25, 0.3) is 0 Å². The zero-order chi connectivity index (χ0) is 0. The topological polar surface area (TPSA) is 0 Å². The summed E-state index contributed by atoms with van der Waals surface area (Å²) >= 11 is 0. The standard InChI is InChI=1S/Al.FH.K.Mg.H4Si.6H/h;1H;;;1H4;;;;;;. The maximum Gasteiger partial charge on any atom is 0.316 e. The number of halogens is 1. The van der Waals surface area contributed by atoms with E-state index in [2.05, 4.69) is 0 Å². The van der Waals surface area contributed by atoms with Crippen molar-refractivity contribution in [3.8, 4) is 0 Å². The summed E-state index contributed by atoms with van der Waals surface area (Å²) in [6, 6.07) is 0. The van der Waals surface area contributed by atoms with E-state index in [1.54, 1.807) is 0 Å². The molecule has 0 atom stereocenters. The summed E-state index contributed by atoms with van der Waals surface area (Å²) in [6.45, 7) is 0. The van der Waals surface area contributed by atoms with Crippen LogP contribution < -0.4 is 0 Å². The van der Waals surface area contributed by atoms with Crippen LogP contribution in [0.3, 0.4) is 0 Å². The van der Waals surface area contributed by atoms with Crippen molar-refractivity contribution in [2.24, 2.45) is 0 Å². The Hall–Kier alpha value is 3.08. The Balaban J connectivity index is 0. The van der Waals surface area contributed by atoms with Crippen molar-refractivity contribution in [2.45, 2.75) is 0 Å². The Kier molecular flexibility index (Phi) is 235. The first-order valence-corrected chi connectivity index (χ1v) is 0. The smallest absolute Gasteiger partial charge is 0.0149 e. The Bertz CT molecular complexity index is 11.6. The Morgan fingerprint density at radius 3 is 1.00 bits per heavy atom. The molecule has 5 heteroatoms. The molecule has 0 amide bonds. The van der Waals surface area contributed by atoms with Gasteiger partial charge in [0, 0.05) is 0 Å². The average Bonchev–Trinajstić information content (AvgIpc) is 0. The van der Waals surface area contributed by atoms with E-state index < -0.39 is 0 Å². The van der Waals surface area contributed by atoms with Crippen LogP contribution in [-0.4, -0.2) is 103 Å². The van der Waals surface area contributed by atoms with Crippen LogP contribution in [0.4, 0.5) is 4.70 Å². The Morgan fingerprint density at radius 1 is 1.00 bits per heavy atom. The van der Waals surface area contributed by atoms with Crippen LogP contribution in [0.1, 0.15) is 0 Å². The molecule has 0 heterocycles. The predicted octanol–water partition coefficient (Wildman–Crippen LogP) is -4.05. The van der Waals surface area contributed by atoms with Crippen molar-refractivity contribution in [3.05, 3.63) is 0 Å². The van der Waals surface area contributed by atoms with Gasteiger partial charge in [-0.25, -0.2) is 0 Å². The molecule has 0 fully saturated rings. The molecular formula is H11AlFKMgSi. The molecule has 0 aromatic carbocycles. The molecule has 0 aliphatic rings. The molecule has 0 radical (unpaired) electrons. The maximum atomic E-state index is 0. The zero-order valence-corrected chi connectivity index (χ0v) is 0.408. The molecule has 0 saturated heterocycles. The van der Waals surface area contributed by atoms with Crippen molar-refractivity contribution in [1.82, 2.24) is 0 Å². The molecule has 0 rings (SSSR count). The fourth-order valence-corrected chi connectivity index (χ4v) is 0. The fourth-order valence-electron chi connectivity index (χ4n) is 0. The minimum absolute atomic E-state index is 0. The van der Waals surface area contributed by atoms with Gasteiger partial charge in [0.15, 0.2) is 17.4 Å². The van der Waals surface area contributed by atoms with Crippen LogP contribution in [0, 0.1) is 0 Å². The van der Waals surface area contributed by atoms with E-state index in [-0.39, 0.29) is 107 Å². The van der Waals surface area contributed by atoms with Crippen LogP contribution in [0.2, 0.25) is 0 Å². The first kappa shape index (κ1) is 42.7. The van der Waals surface area contributed by atoms with Gasteiger partial charge in [-0.15, -0.1) is 0 Å². The summed E-state index contributed by atoms with van der Waals surface area (Å²) in [5.74, 6) is 0. The molecule has 28 valence electrons. The van der Waals surface area contributed by atoms with Gasteiger partial charge in [-0.2, -0.15) is 0 Å². The van der Waals surface area contributed by atoms with E-state index in [1.165, 1.54) is 0 Å². The quantitative estimate of drug-likeness (QED) is 0.307. The van der Waals surface area contributed by atoms with Crippen molar-refractivity contribution < 1.29 is 4.70 Å². The van der Waals surface area contributed by atoms with Gasteiger partial charge >= 0.3 is 74.4 Å². The van der Waals surface area contributed by atoms with Gasteiger partial charge < -0.3 is 0 Å². The van der Waals surface area contributed by atoms with Gasteiger partial charge in [-0.05, 0) is 11.0 Å². The van der Waals surface area contributed by atoms with Gasteiger partial charge in [-0.1, -0.05) is 0 Å². The van der Waals surface area contributed by atoms with E-state index in [1.807, 2.05) is 0 Å². The Labute approximate surface area is 105 Å². The summed E-state index contributed by atoms with van der Waals surface area (Å²) < 4.78 is 0. The summed E-state index contributed by atoms with van der Waals surface area (Å²) in [6.07, 6.45) is 0. The van der Waals surface area contributed by atoms with E-state index in [0.717, 1.165) is 0 Å². The normalized spacial score (nSPS) is 0. The summed E-state index contributed by atoms with van der Waals surface area (Å²) in [7, 11) is 0. The van der Waals surface area contributed by atoms with Crippen molar-refractivity contribution in [3.63, 3.8) is 0 Å². The summed E-state index contributed by atoms with van der Waals surface area (Å²) in [5, 5.41) is 0. The van der Waals surface area contributed by atoms with Crippen LogP contribution >= 0.6 is 0 Å². The van der Waals surface area contributed by atoms with Crippen LogP contribution in [0.5, 0.6) is 0 Å². The molecule has 0 spiro atoms. The second-order valence-electron chi connectivity index (χ2n) is 0. The second-order valence-corrected chi connectivity index (χ2v) is 0. The first-order chi connectivity index (χ1) is 0. The first-order valence-electron chi connectivity index (χ1n) is 0. The SMILES string of the molecule is F.[AlH3].[KH].[MgH2].[SiH4]. The zero-order valence-electron chi connectivity index (χ0n) is 0.408. The average molecular weight is 149 g/mol. The predicted molar refractivity (Wildman–Crippen MR) is 39.5 cm³/mol. The minimum atomic E-state index is 0. The maximum absolute atomic E-state index is 0. The largest absolute Gasteiger partial charge is 0.316 e. The van der Waals surface area contributed by atoms with E-state index in [4.69, 9.17) is 0 Å². The molecule has 0 nitrogen and oxygen atoms in total. The Morgan fingerprint density at radius 2 is 1.00 bits per heavy atom. The summed E-state index contributed by atoms with van der Waals surface area (Å²) in [4.78, 5) is 0. The van der Waals surface area contributed by atoms with Crippen LogP contribution in [0.15, 0.2) is 0 Å². The minimum Gasteiger partial charge on any atom is -0.0149 e. The summed E-state index contributed by atoms with van der Waals surface area (Å²) in [5.41, 5.74) is 0. The van der Waals surface area contributed by atoms with Crippen LogP contribution in [-0.2, 0) is 0 Å². The molecule has 0 aliphatic heterocycles. The third-order valence-electron chi connectivity index (χ3n) is 0. The molecule has 5 heavy (non-hydrogen) atoms.